The van der Waals surface area contributed by atoms with Crippen molar-refractivity contribution in [3.63, 3.8) is 0 Å². The van der Waals surface area contributed by atoms with E-state index in [1.165, 1.54) is 78.2 Å². The molecule has 1 aromatic heterocycles. The van der Waals surface area contributed by atoms with Crippen LogP contribution < -0.4 is 0 Å². The van der Waals surface area contributed by atoms with E-state index in [4.69, 9.17) is 4.99 Å². The number of fused-ring (bicyclic) bond motifs is 2. The summed E-state index contributed by atoms with van der Waals surface area (Å²) >= 11 is 0. The molecule has 1 aliphatic carbocycles. The van der Waals surface area contributed by atoms with Gasteiger partial charge in [0.05, 0.1) is 11.4 Å². The van der Waals surface area contributed by atoms with Crippen LogP contribution in [0.4, 0.5) is 5.69 Å². The molecule has 0 spiro atoms. The van der Waals surface area contributed by atoms with E-state index in [1.807, 2.05) is 18.5 Å². The Kier molecular flexibility index (Phi) is 8.47. The number of hydrogen-bond donors (Lipinski definition) is 0. The van der Waals surface area contributed by atoms with Gasteiger partial charge in [-0.05, 0) is 115 Å². The second kappa shape index (κ2) is 14.0. The zero-order valence-electron chi connectivity index (χ0n) is 30.0. The summed E-state index contributed by atoms with van der Waals surface area (Å²) in [4.78, 5) is 9.72. The van der Waals surface area contributed by atoms with Crippen molar-refractivity contribution in [1.29, 1.82) is 0 Å². The summed E-state index contributed by atoms with van der Waals surface area (Å²) < 4.78 is 0. The predicted octanol–water partition coefficient (Wildman–Crippen LogP) is 13.2. The van der Waals surface area contributed by atoms with E-state index in [2.05, 4.69) is 169 Å². The molecule has 0 amide bonds. The second-order valence-corrected chi connectivity index (χ2v) is 16.7. The molecule has 5 aromatic carbocycles. The Morgan fingerprint density at radius 2 is 1.30 bits per heavy atom. The number of pyridine rings is 1. The monoisotopic (exact) mass is 710 g/mol. The molecule has 258 valence electrons. The van der Waals surface area contributed by atoms with Crippen molar-refractivity contribution in [1.82, 2.24) is 4.98 Å². The number of aryl methyl sites for hydroxylation is 1. The van der Waals surface area contributed by atoms with Crippen LogP contribution >= 0.6 is 7.55 Å². The average Bonchev–Trinajstić information content (AvgIpc) is 3.53. The van der Waals surface area contributed by atoms with Gasteiger partial charge in [-0.15, -0.1) is 0 Å². The highest BCUT2D eigenvalue weighted by Crippen LogP contribution is 2.48. The Morgan fingerprint density at radius 1 is 0.556 bits per heavy atom. The molecular weight excluding hydrogens is 672 g/mol. The van der Waals surface area contributed by atoms with Crippen molar-refractivity contribution in [3.05, 3.63) is 204 Å². The van der Waals surface area contributed by atoms with Gasteiger partial charge in [0.25, 0.3) is 0 Å². The molecule has 4 heterocycles. The minimum atomic E-state index is -0.880. The molecule has 0 radical (unpaired) electrons. The summed E-state index contributed by atoms with van der Waals surface area (Å²) in [6, 6.07) is 42.7. The molecule has 1 unspecified atom stereocenters. The van der Waals surface area contributed by atoms with E-state index in [0.29, 0.717) is 0 Å². The van der Waals surface area contributed by atoms with Crippen LogP contribution in [-0.2, 0) is 12.8 Å². The molecule has 3 aliphatic heterocycles. The van der Waals surface area contributed by atoms with Crippen molar-refractivity contribution in [2.24, 2.45) is 4.99 Å². The highest BCUT2D eigenvalue weighted by atomic mass is 31.1. The lowest BCUT2D eigenvalue weighted by Crippen LogP contribution is -2.01. The van der Waals surface area contributed by atoms with Crippen LogP contribution in [0, 0.1) is 0 Å². The van der Waals surface area contributed by atoms with Crippen LogP contribution in [0.25, 0.3) is 55.9 Å². The molecule has 0 saturated heterocycles. The molecule has 2 nitrogen and oxygen atoms in total. The predicted molar refractivity (Wildman–Crippen MR) is 233 cm³/mol. The Morgan fingerprint density at radius 3 is 2.11 bits per heavy atom. The van der Waals surface area contributed by atoms with E-state index in [0.717, 1.165) is 41.8 Å². The van der Waals surface area contributed by atoms with Crippen molar-refractivity contribution in [3.8, 4) is 44.5 Å². The Bertz CT molecular complexity index is 2650. The molecule has 10 rings (SSSR count). The minimum Gasteiger partial charge on any atom is -0.264 e. The zero-order chi connectivity index (χ0) is 35.8. The van der Waals surface area contributed by atoms with Crippen LogP contribution in [-0.4, -0.2) is 16.0 Å². The number of aliphatic imine (C=N–C) groups is 1. The van der Waals surface area contributed by atoms with Crippen molar-refractivity contribution >= 4 is 35.6 Å². The molecular formula is C51H39N2P. The quantitative estimate of drug-likeness (QED) is 0.158. The molecule has 6 aromatic rings. The molecule has 0 bridgehead atoms. The van der Waals surface area contributed by atoms with Gasteiger partial charge in [-0.25, -0.2) is 0 Å². The highest BCUT2D eigenvalue weighted by Gasteiger charge is 2.23. The van der Waals surface area contributed by atoms with Gasteiger partial charge in [-0.1, -0.05) is 159 Å². The van der Waals surface area contributed by atoms with Crippen molar-refractivity contribution in [2.45, 2.75) is 25.7 Å². The van der Waals surface area contributed by atoms with E-state index in [-0.39, 0.29) is 0 Å². The van der Waals surface area contributed by atoms with Crippen molar-refractivity contribution in [2.75, 3.05) is 0 Å². The molecule has 4 aliphatic rings. The fraction of sp³-hybridized carbons (Fsp3) is 0.0784. The summed E-state index contributed by atoms with van der Waals surface area (Å²) in [5, 5.41) is 2.88. The van der Waals surface area contributed by atoms with Crippen LogP contribution in [0.3, 0.4) is 0 Å². The topological polar surface area (TPSA) is 25.2 Å². The number of allylic oxidation sites excluding steroid dienone is 7. The number of rotatable bonds is 6. The van der Waals surface area contributed by atoms with Crippen molar-refractivity contribution < 1.29 is 0 Å². The van der Waals surface area contributed by atoms with Gasteiger partial charge >= 0.3 is 0 Å². The summed E-state index contributed by atoms with van der Waals surface area (Å²) in [5.41, 5.74) is 18.4. The second-order valence-electron chi connectivity index (χ2n) is 14.4. The van der Waals surface area contributed by atoms with E-state index in [9.17, 15) is 0 Å². The number of hydrogen-bond acceptors (Lipinski definition) is 2. The Labute approximate surface area is 318 Å². The largest absolute Gasteiger partial charge is 0.264 e. The molecule has 0 fully saturated rings. The number of aromatic nitrogens is 1. The van der Waals surface area contributed by atoms with E-state index < -0.39 is 7.55 Å². The average molecular weight is 711 g/mol. The first-order valence-corrected chi connectivity index (χ1v) is 20.6. The molecule has 1 atom stereocenters. The first-order chi connectivity index (χ1) is 26.7. The maximum absolute atomic E-state index is 5.38. The number of benzene rings is 5. The fourth-order valence-electron chi connectivity index (χ4n) is 8.30. The summed E-state index contributed by atoms with van der Waals surface area (Å²) in [6.45, 7) is 0. The first-order valence-electron chi connectivity index (χ1n) is 19.0. The number of nitrogens with zero attached hydrogens (tertiary/aromatic N) is 2. The van der Waals surface area contributed by atoms with Gasteiger partial charge in [0.1, 0.15) is 0 Å². The minimum absolute atomic E-state index is 0.801. The lowest BCUT2D eigenvalue weighted by atomic mass is 9.90. The highest BCUT2D eigenvalue weighted by molar-refractivity contribution is 7.72. The molecule has 54 heavy (non-hydrogen) atoms. The Balaban J connectivity index is 1.01. The van der Waals surface area contributed by atoms with Gasteiger partial charge < -0.3 is 0 Å². The van der Waals surface area contributed by atoms with Gasteiger partial charge in [0, 0.05) is 24.4 Å². The van der Waals surface area contributed by atoms with Crippen LogP contribution in [0.5, 0.6) is 0 Å². The fourth-order valence-corrected chi connectivity index (χ4v) is 10.6. The van der Waals surface area contributed by atoms with Gasteiger partial charge in [-0.3, -0.25) is 9.98 Å². The maximum atomic E-state index is 5.38. The van der Waals surface area contributed by atoms with Gasteiger partial charge in [0.15, 0.2) is 0 Å². The summed E-state index contributed by atoms with van der Waals surface area (Å²) in [7, 11) is -0.880. The molecule has 3 heteroatoms. The first kappa shape index (κ1) is 32.6. The van der Waals surface area contributed by atoms with Gasteiger partial charge in [-0.2, -0.15) is 0 Å². The summed E-state index contributed by atoms with van der Waals surface area (Å²) in [5.74, 6) is 2.39. The summed E-state index contributed by atoms with van der Waals surface area (Å²) in [6.07, 6.45) is 26.0. The SMILES string of the molecule is C1=CC2=[PH](C=C1)C(c1ccc(C3=Nc4c(cc(-c5ccc(-c6cccc7c6C=CCCC7)cc5)cc4-c4ccc(-c5cccnc5)cc4)C3)cc1)=CC=C2. The van der Waals surface area contributed by atoms with E-state index in [1.54, 1.807) is 0 Å². The Hall–Kier alpha value is -6.08. The van der Waals surface area contributed by atoms with E-state index >= 15 is 0 Å². The lowest BCUT2D eigenvalue weighted by molar-refractivity contribution is 0.852. The normalized spacial score (nSPS) is 16.7. The third-order valence-electron chi connectivity index (χ3n) is 11.1. The van der Waals surface area contributed by atoms with Crippen LogP contribution in [0.15, 0.2) is 181 Å². The third-order valence-corrected chi connectivity index (χ3v) is 13.6. The smallest absolute Gasteiger partial charge is 0.0748 e. The molecule has 0 N–H and O–H groups in total. The lowest BCUT2D eigenvalue weighted by Gasteiger charge is -2.18. The zero-order valence-corrected chi connectivity index (χ0v) is 31.0. The van der Waals surface area contributed by atoms with Crippen LogP contribution in [0.2, 0.25) is 0 Å². The molecule has 0 saturated carbocycles. The maximum Gasteiger partial charge on any atom is 0.0748 e. The van der Waals surface area contributed by atoms with Crippen LogP contribution in [0.1, 0.15) is 40.7 Å². The standard InChI is InChI=1S/C51H39N2P/c1-2-9-37-10-6-15-47(46(37)14-3-1)38-21-19-36(20-22-38)43-31-44-33-49(40-25-27-41(28-26-40)50-16-7-13-45-12-4-5-30-54(45)50)53-51(44)48(32-43)39-23-17-35(18-24-39)42-11-8-29-52-34-42/h3-8,10-32,34,54H,1-2,9,33H2. The van der Waals surface area contributed by atoms with Gasteiger partial charge in [0.2, 0.25) is 0 Å². The third kappa shape index (κ3) is 6.13.